The van der Waals surface area contributed by atoms with Gasteiger partial charge in [-0.05, 0) is 44.9 Å². The summed E-state index contributed by atoms with van der Waals surface area (Å²) in [6.07, 6.45) is 6.52. The van der Waals surface area contributed by atoms with Gasteiger partial charge in [0.25, 0.3) is 0 Å². The van der Waals surface area contributed by atoms with Gasteiger partial charge in [-0.1, -0.05) is 0 Å². The summed E-state index contributed by atoms with van der Waals surface area (Å²) in [5.41, 5.74) is -1.27. The second kappa shape index (κ2) is 4.19. The molecule has 2 N–H and O–H groups in total. The Balaban J connectivity index is 1.58. The Morgan fingerprint density at radius 1 is 1.18 bits per heavy atom. The molecule has 1 heterocycles. The molecular formula is C13H22O4. The molecule has 3 aliphatic rings. The maximum atomic E-state index is 10.2. The van der Waals surface area contributed by atoms with E-state index in [1.807, 2.05) is 0 Å². The molecule has 3 rings (SSSR count). The lowest BCUT2D eigenvalue weighted by atomic mass is 10.0. The third kappa shape index (κ3) is 2.81. The van der Waals surface area contributed by atoms with Crippen LogP contribution in [0.4, 0.5) is 0 Å². The van der Waals surface area contributed by atoms with E-state index in [-0.39, 0.29) is 12.4 Å². The van der Waals surface area contributed by atoms with Crippen LogP contribution in [0.5, 0.6) is 0 Å². The minimum Gasteiger partial charge on any atom is -0.390 e. The molecule has 0 amide bonds. The van der Waals surface area contributed by atoms with Gasteiger partial charge in [-0.2, -0.15) is 0 Å². The molecule has 0 aromatic rings. The summed E-state index contributed by atoms with van der Waals surface area (Å²) in [5, 5.41) is 20.2. The van der Waals surface area contributed by atoms with E-state index in [1.165, 1.54) is 0 Å². The molecule has 0 radical (unpaired) electrons. The highest BCUT2D eigenvalue weighted by atomic mass is 16.7. The van der Waals surface area contributed by atoms with Crippen LogP contribution in [0.25, 0.3) is 0 Å². The Morgan fingerprint density at radius 3 is 2.47 bits per heavy atom. The number of rotatable bonds is 5. The summed E-state index contributed by atoms with van der Waals surface area (Å²) < 4.78 is 11.5. The van der Waals surface area contributed by atoms with Gasteiger partial charge in [0, 0.05) is 13.0 Å². The molecular weight excluding hydrogens is 220 g/mol. The molecule has 0 bridgehead atoms. The first-order chi connectivity index (χ1) is 8.10. The standard InChI is InChI=1S/C13H22O4/c14-12(4-5-12)9-10(13(15)6-7-13)17-11-3-1-2-8-16-11/h10-11,14-15H,1-9H2/t10-,11?/m1/s1. The van der Waals surface area contributed by atoms with E-state index in [0.717, 1.165) is 51.6 Å². The van der Waals surface area contributed by atoms with Crippen LogP contribution in [0.2, 0.25) is 0 Å². The van der Waals surface area contributed by atoms with Gasteiger partial charge in [-0.25, -0.2) is 0 Å². The average Bonchev–Trinajstić information content (AvgIpc) is 3.21. The van der Waals surface area contributed by atoms with Crippen molar-refractivity contribution in [2.24, 2.45) is 0 Å². The van der Waals surface area contributed by atoms with E-state index in [0.29, 0.717) is 6.42 Å². The van der Waals surface area contributed by atoms with E-state index in [2.05, 4.69) is 0 Å². The van der Waals surface area contributed by atoms with Crippen LogP contribution >= 0.6 is 0 Å². The highest BCUT2D eigenvalue weighted by Gasteiger charge is 2.54. The Kier molecular flexibility index (Phi) is 2.94. The molecule has 2 aliphatic carbocycles. The molecule has 2 atom stereocenters. The summed E-state index contributed by atoms with van der Waals surface area (Å²) >= 11 is 0. The Bertz CT molecular complexity index is 277. The quantitative estimate of drug-likeness (QED) is 0.764. The predicted octanol–water partition coefficient (Wildman–Crippen LogP) is 1.34. The average molecular weight is 242 g/mol. The van der Waals surface area contributed by atoms with Crippen molar-refractivity contribution in [3.63, 3.8) is 0 Å². The van der Waals surface area contributed by atoms with Crippen LogP contribution < -0.4 is 0 Å². The SMILES string of the molecule is OC1(C[C@@H](OC2CCCCO2)C2(O)CC2)CC1. The first-order valence-electron chi connectivity index (χ1n) is 6.82. The number of ether oxygens (including phenoxy) is 2. The number of aliphatic hydroxyl groups is 2. The molecule has 0 aromatic carbocycles. The predicted molar refractivity (Wildman–Crippen MR) is 61.4 cm³/mol. The van der Waals surface area contributed by atoms with Crippen LogP contribution in [0, 0.1) is 0 Å². The van der Waals surface area contributed by atoms with Crippen LogP contribution in [0.3, 0.4) is 0 Å². The van der Waals surface area contributed by atoms with Gasteiger partial charge in [-0.3, -0.25) is 0 Å². The van der Waals surface area contributed by atoms with E-state index in [4.69, 9.17) is 9.47 Å². The van der Waals surface area contributed by atoms with Gasteiger partial charge in [-0.15, -0.1) is 0 Å². The summed E-state index contributed by atoms with van der Waals surface area (Å²) in [6.45, 7) is 0.750. The minimum atomic E-state index is -0.695. The molecule has 4 nitrogen and oxygen atoms in total. The lowest BCUT2D eigenvalue weighted by molar-refractivity contribution is -0.218. The summed E-state index contributed by atoms with van der Waals surface area (Å²) in [6, 6.07) is 0. The first kappa shape index (κ1) is 11.9. The largest absolute Gasteiger partial charge is 0.390 e. The van der Waals surface area contributed by atoms with Crippen molar-refractivity contribution in [1.82, 2.24) is 0 Å². The van der Waals surface area contributed by atoms with Crippen molar-refractivity contribution in [1.29, 1.82) is 0 Å². The maximum Gasteiger partial charge on any atom is 0.158 e. The highest BCUT2D eigenvalue weighted by molar-refractivity contribution is 5.06. The van der Waals surface area contributed by atoms with Crippen molar-refractivity contribution >= 4 is 0 Å². The molecule has 1 saturated heterocycles. The topological polar surface area (TPSA) is 58.9 Å². The van der Waals surface area contributed by atoms with Crippen molar-refractivity contribution in [3.05, 3.63) is 0 Å². The maximum absolute atomic E-state index is 10.2. The van der Waals surface area contributed by atoms with Crippen molar-refractivity contribution in [3.8, 4) is 0 Å². The van der Waals surface area contributed by atoms with Gasteiger partial charge < -0.3 is 19.7 Å². The molecule has 1 unspecified atom stereocenters. The van der Waals surface area contributed by atoms with Crippen LogP contribution in [0.15, 0.2) is 0 Å². The lowest BCUT2D eigenvalue weighted by Crippen LogP contribution is -2.39. The number of hydrogen-bond acceptors (Lipinski definition) is 4. The van der Waals surface area contributed by atoms with Gasteiger partial charge >= 0.3 is 0 Å². The molecule has 98 valence electrons. The summed E-state index contributed by atoms with van der Waals surface area (Å²) in [4.78, 5) is 0. The Hall–Kier alpha value is -0.160. The molecule has 4 heteroatoms. The smallest absolute Gasteiger partial charge is 0.158 e. The Labute approximate surface area is 102 Å². The fraction of sp³-hybridized carbons (Fsp3) is 1.00. The fourth-order valence-corrected chi connectivity index (χ4v) is 2.51. The normalized spacial score (nSPS) is 35.3. The van der Waals surface area contributed by atoms with Gasteiger partial charge in [0.1, 0.15) is 0 Å². The minimum absolute atomic E-state index is 0.180. The van der Waals surface area contributed by atoms with Crippen LogP contribution in [-0.4, -0.2) is 40.4 Å². The second-order valence-electron chi connectivity index (χ2n) is 5.95. The van der Waals surface area contributed by atoms with E-state index in [9.17, 15) is 10.2 Å². The molecule has 0 aromatic heterocycles. The molecule has 17 heavy (non-hydrogen) atoms. The zero-order valence-corrected chi connectivity index (χ0v) is 10.2. The molecule has 3 fully saturated rings. The Morgan fingerprint density at radius 2 is 1.94 bits per heavy atom. The zero-order chi connectivity index (χ0) is 11.9. The lowest BCUT2D eigenvalue weighted by Gasteiger charge is -2.31. The highest BCUT2D eigenvalue weighted by Crippen LogP contribution is 2.48. The zero-order valence-electron chi connectivity index (χ0n) is 10.2. The molecule has 1 aliphatic heterocycles. The summed E-state index contributed by atoms with van der Waals surface area (Å²) in [5.74, 6) is 0. The van der Waals surface area contributed by atoms with E-state index < -0.39 is 11.2 Å². The van der Waals surface area contributed by atoms with Crippen LogP contribution in [-0.2, 0) is 9.47 Å². The third-order valence-electron chi connectivity index (χ3n) is 4.21. The second-order valence-corrected chi connectivity index (χ2v) is 5.95. The van der Waals surface area contributed by atoms with Gasteiger partial charge in [0.05, 0.1) is 17.3 Å². The van der Waals surface area contributed by atoms with Crippen LogP contribution in [0.1, 0.15) is 51.4 Å². The van der Waals surface area contributed by atoms with Gasteiger partial charge in [0.2, 0.25) is 0 Å². The van der Waals surface area contributed by atoms with Crippen molar-refractivity contribution in [2.45, 2.75) is 75.0 Å². The molecule has 0 spiro atoms. The van der Waals surface area contributed by atoms with Crippen molar-refractivity contribution in [2.75, 3.05) is 6.61 Å². The molecule has 2 saturated carbocycles. The fourth-order valence-electron chi connectivity index (χ4n) is 2.51. The van der Waals surface area contributed by atoms with Crippen molar-refractivity contribution < 1.29 is 19.7 Å². The van der Waals surface area contributed by atoms with Gasteiger partial charge in [0.15, 0.2) is 6.29 Å². The first-order valence-corrected chi connectivity index (χ1v) is 6.82. The van der Waals surface area contributed by atoms with E-state index >= 15 is 0 Å². The number of hydrogen-bond donors (Lipinski definition) is 2. The monoisotopic (exact) mass is 242 g/mol. The summed E-state index contributed by atoms with van der Waals surface area (Å²) in [7, 11) is 0. The third-order valence-corrected chi connectivity index (χ3v) is 4.21. The van der Waals surface area contributed by atoms with E-state index in [1.54, 1.807) is 0 Å².